The van der Waals surface area contributed by atoms with Crippen LogP contribution in [0, 0.1) is 6.92 Å². The minimum Gasteiger partial charge on any atom is -0.396 e. The summed E-state index contributed by atoms with van der Waals surface area (Å²) in [6.07, 6.45) is 3.67. The van der Waals surface area contributed by atoms with E-state index in [1.807, 2.05) is 35.9 Å². The lowest BCUT2D eigenvalue weighted by molar-refractivity contribution is 0.0986. The number of aromatic nitrogens is 2. The first-order chi connectivity index (χ1) is 11.6. The summed E-state index contributed by atoms with van der Waals surface area (Å²) in [5.74, 6) is -0.0485. The summed E-state index contributed by atoms with van der Waals surface area (Å²) in [6, 6.07) is 8.14. The summed E-state index contributed by atoms with van der Waals surface area (Å²) in [7, 11) is 0. The molecule has 24 heavy (non-hydrogen) atoms. The lowest BCUT2D eigenvalue weighted by Crippen LogP contribution is -2.30. The maximum Gasteiger partial charge on any atom is 0.261 e. The Morgan fingerprint density at radius 2 is 2.04 bits per heavy atom. The summed E-state index contributed by atoms with van der Waals surface area (Å²) in [4.78, 5) is 14.9. The molecule has 0 bridgehead atoms. The summed E-state index contributed by atoms with van der Waals surface area (Å²) >= 11 is 0. The fraction of sp³-hybridized carbons (Fsp3) is 0.474. The predicted octanol–water partition coefficient (Wildman–Crippen LogP) is 3.29. The van der Waals surface area contributed by atoms with Crippen LogP contribution >= 0.6 is 0 Å². The average Bonchev–Trinajstić information content (AvgIpc) is 3.17. The topological polar surface area (TPSA) is 58.4 Å². The van der Waals surface area contributed by atoms with Crippen molar-refractivity contribution in [1.82, 2.24) is 9.78 Å². The Morgan fingerprint density at radius 1 is 1.33 bits per heavy atom. The Labute approximate surface area is 142 Å². The van der Waals surface area contributed by atoms with Crippen LogP contribution in [0.3, 0.4) is 0 Å². The Bertz CT molecular complexity index is 734. The molecule has 0 saturated carbocycles. The van der Waals surface area contributed by atoms with Gasteiger partial charge in [-0.15, -0.1) is 0 Å². The number of rotatable bonds is 5. The van der Waals surface area contributed by atoms with Crippen LogP contribution in [0.1, 0.15) is 60.3 Å². The normalized spacial score (nSPS) is 16.7. The number of aliphatic hydroxyl groups is 1. The van der Waals surface area contributed by atoms with Gasteiger partial charge in [0.25, 0.3) is 5.91 Å². The fourth-order valence-electron chi connectivity index (χ4n) is 3.63. The summed E-state index contributed by atoms with van der Waals surface area (Å²) in [5, 5.41) is 14.1. The number of carbonyl (C=O) groups excluding carboxylic acids is 1. The SMILES string of the molecule is CCC(CC)n1ncc(C(=O)N2C[C@@H](CO)c3ccccc32)c1C. The minimum absolute atomic E-state index is 0.0143. The largest absolute Gasteiger partial charge is 0.396 e. The van der Waals surface area contributed by atoms with Crippen molar-refractivity contribution in [1.29, 1.82) is 0 Å². The number of fused-ring (bicyclic) bond motifs is 1. The third-order valence-electron chi connectivity index (χ3n) is 5.10. The second kappa shape index (κ2) is 6.77. The van der Waals surface area contributed by atoms with E-state index in [0.717, 1.165) is 29.8 Å². The van der Waals surface area contributed by atoms with Crippen LogP contribution in [0.15, 0.2) is 30.5 Å². The van der Waals surface area contributed by atoms with Crippen LogP contribution < -0.4 is 4.90 Å². The molecule has 0 fully saturated rings. The number of aliphatic hydroxyl groups excluding tert-OH is 1. The van der Waals surface area contributed by atoms with E-state index in [-0.39, 0.29) is 18.4 Å². The minimum atomic E-state index is -0.0342. The molecule has 1 aliphatic rings. The Morgan fingerprint density at radius 3 is 2.71 bits per heavy atom. The van der Waals surface area contributed by atoms with Gasteiger partial charge < -0.3 is 10.0 Å². The van der Waals surface area contributed by atoms with E-state index in [0.29, 0.717) is 18.2 Å². The third kappa shape index (κ3) is 2.63. The van der Waals surface area contributed by atoms with Crippen molar-refractivity contribution in [2.75, 3.05) is 18.1 Å². The number of carbonyl (C=O) groups is 1. The van der Waals surface area contributed by atoms with Gasteiger partial charge in [0, 0.05) is 23.8 Å². The summed E-state index contributed by atoms with van der Waals surface area (Å²) < 4.78 is 1.97. The van der Waals surface area contributed by atoms with Gasteiger partial charge in [-0.1, -0.05) is 32.0 Å². The van der Waals surface area contributed by atoms with Gasteiger partial charge in [-0.2, -0.15) is 5.10 Å². The Kier molecular flexibility index (Phi) is 4.71. The van der Waals surface area contributed by atoms with Crippen molar-refractivity contribution in [2.24, 2.45) is 0 Å². The molecular formula is C19H25N3O2. The number of para-hydroxylation sites is 1. The van der Waals surface area contributed by atoms with Gasteiger partial charge >= 0.3 is 0 Å². The molecule has 1 atom stereocenters. The van der Waals surface area contributed by atoms with E-state index in [1.165, 1.54) is 0 Å². The number of anilines is 1. The highest BCUT2D eigenvalue weighted by Crippen LogP contribution is 2.37. The van der Waals surface area contributed by atoms with E-state index >= 15 is 0 Å². The molecule has 0 unspecified atom stereocenters. The monoisotopic (exact) mass is 327 g/mol. The number of hydrogen-bond donors (Lipinski definition) is 1. The second-order valence-corrected chi connectivity index (χ2v) is 6.41. The summed E-state index contributed by atoms with van der Waals surface area (Å²) in [5.41, 5.74) is 3.50. The highest BCUT2D eigenvalue weighted by atomic mass is 16.3. The second-order valence-electron chi connectivity index (χ2n) is 6.41. The van der Waals surface area contributed by atoms with E-state index < -0.39 is 0 Å². The molecule has 0 saturated heterocycles. The van der Waals surface area contributed by atoms with Crippen LogP contribution in [0.4, 0.5) is 5.69 Å². The van der Waals surface area contributed by atoms with Gasteiger partial charge in [-0.05, 0) is 31.4 Å². The van der Waals surface area contributed by atoms with Gasteiger partial charge in [0.15, 0.2) is 0 Å². The first-order valence-electron chi connectivity index (χ1n) is 8.68. The molecule has 128 valence electrons. The van der Waals surface area contributed by atoms with E-state index in [4.69, 9.17) is 0 Å². The van der Waals surface area contributed by atoms with Crippen molar-refractivity contribution >= 4 is 11.6 Å². The van der Waals surface area contributed by atoms with Gasteiger partial charge in [-0.25, -0.2) is 0 Å². The summed E-state index contributed by atoms with van der Waals surface area (Å²) in [6.45, 7) is 6.81. The molecule has 1 aliphatic heterocycles. The van der Waals surface area contributed by atoms with Crippen molar-refractivity contribution in [3.63, 3.8) is 0 Å². The van der Waals surface area contributed by atoms with Crippen molar-refractivity contribution in [3.05, 3.63) is 47.3 Å². The molecule has 3 rings (SSSR count). The first-order valence-corrected chi connectivity index (χ1v) is 8.68. The van der Waals surface area contributed by atoms with Gasteiger partial charge in [0.1, 0.15) is 0 Å². The van der Waals surface area contributed by atoms with Crippen molar-refractivity contribution in [2.45, 2.75) is 45.6 Å². The zero-order valence-electron chi connectivity index (χ0n) is 14.6. The molecule has 5 heteroatoms. The molecule has 1 aromatic carbocycles. The maximum absolute atomic E-state index is 13.1. The maximum atomic E-state index is 13.1. The number of benzene rings is 1. The van der Waals surface area contributed by atoms with Gasteiger partial charge in [0.05, 0.1) is 24.4 Å². The molecule has 1 N–H and O–H groups in total. The lowest BCUT2D eigenvalue weighted by Gasteiger charge is -2.19. The Balaban J connectivity index is 1.94. The number of nitrogens with zero attached hydrogens (tertiary/aromatic N) is 3. The van der Waals surface area contributed by atoms with Gasteiger partial charge in [-0.3, -0.25) is 9.48 Å². The molecule has 0 spiro atoms. The quantitative estimate of drug-likeness (QED) is 0.917. The fourth-order valence-corrected chi connectivity index (χ4v) is 3.63. The first kappa shape index (κ1) is 16.7. The smallest absolute Gasteiger partial charge is 0.261 e. The Hall–Kier alpha value is -2.14. The molecule has 0 aliphatic carbocycles. The van der Waals surface area contributed by atoms with Crippen molar-refractivity contribution < 1.29 is 9.90 Å². The highest BCUT2D eigenvalue weighted by molar-refractivity contribution is 6.08. The third-order valence-corrected chi connectivity index (χ3v) is 5.10. The molecule has 5 nitrogen and oxygen atoms in total. The standard InChI is InChI=1S/C19H25N3O2/c1-4-15(5-2)22-13(3)17(10-20-22)19(24)21-11-14(12-23)16-8-6-7-9-18(16)21/h6-10,14-15,23H,4-5,11-12H2,1-3H3/t14-/m0/s1. The number of amides is 1. The van der Waals surface area contributed by atoms with Crippen LogP contribution in [-0.2, 0) is 0 Å². The predicted molar refractivity (Wildman–Crippen MR) is 94.5 cm³/mol. The van der Waals surface area contributed by atoms with E-state index in [2.05, 4.69) is 18.9 Å². The zero-order valence-corrected chi connectivity index (χ0v) is 14.6. The zero-order chi connectivity index (χ0) is 17.3. The van der Waals surface area contributed by atoms with E-state index in [1.54, 1.807) is 11.1 Å². The molecule has 0 radical (unpaired) electrons. The average molecular weight is 327 g/mol. The van der Waals surface area contributed by atoms with Crippen LogP contribution in [-0.4, -0.2) is 33.9 Å². The van der Waals surface area contributed by atoms with E-state index in [9.17, 15) is 9.90 Å². The molecule has 1 amide bonds. The molecule has 2 aromatic rings. The van der Waals surface area contributed by atoms with Crippen LogP contribution in [0.5, 0.6) is 0 Å². The highest BCUT2D eigenvalue weighted by Gasteiger charge is 2.33. The molecular weight excluding hydrogens is 302 g/mol. The lowest BCUT2D eigenvalue weighted by atomic mass is 10.0. The number of hydrogen-bond acceptors (Lipinski definition) is 3. The van der Waals surface area contributed by atoms with Crippen LogP contribution in [0.2, 0.25) is 0 Å². The molecule has 1 aromatic heterocycles. The van der Waals surface area contributed by atoms with Crippen LogP contribution in [0.25, 0.3) is 0 Å². The van der Waals surface area contributed by atoms with Gasteiger partial charge in [0.2, 0.25) is 0 Å². The molecule has 2 heterocycles. The van der Waals surface area contributed by atoms with Crippen molar-refractivity contribution in [3.8, 4) is 0 Å².